The van der Waals surface area contributed by atoms with E-state index in [1.165, 1.54) is 0 Å². The van der Waals surface area contributed by atoms with Gasteiger partial charge in [-0.25, -0.2) is 0 Å². The molecule has 0 saturated carbocycles. The molecule has 0 aromatic heterocycles. The van der Waals surface area contributed by atoms with E-state index in [2.05, 4.69) is 38.0 Å². The Balaban J connectivity index is 3.02. The van der Waals surface area contributed by atoms with Crippen LogP contribution in [-0.2, 0) is 4.79 Å². The number of carbonyl (C=O) groups excluding carboxylic acids is 1. The third-order valence-electron chi connectivity index (χ3n) is 3.68. The van der Waals surface area contributed by atoms with E-state index in [0.29, 0.717) is 5.92 Å². The molecule has 0 radical (unpaired) electrons. The molecule has 16 heavy (non-hydrogen) atoms. The highest BCUT2D eigenvalue weighted by Crippen LogP contribution is 2.40. The van der Waals surface area contributed by atoms with E-state index >= 15 is 0 Å². The van der Waals surface area contributed by atoms with Crippen LogP contribution in [-0.4, -0.2) is 24.5 Å². The largest absolute Gasteiger partial charge is 0.349 e. The summed E-state index contributed by atoms with van der Waals surface area (Å²) in [5.41, 5.74) is -0.122. The molecule has 0 aliphatic carbocycles. The molecule has 1 saturated heterocycles. The summed E-state index contributed by atoms with van der Waals surface area (Å²) in [4.78, 5) is 11.4. The van der Waals surface area contributed by atoms with E-state index in [1.807, 2.05) is 6.08 Å². The molecule has 0 bridgehead atoms. The highest BCUT2D eigenvalue weighted by Gasteiger charge is 2.50. The molecule has 1 rings (SSSR count). The molecule has 2 N–H and O–H groups in total. The maximum Gasteiger partial charge on any atom is 0.217 e. The topological polar surface area (TPSA) is 41.1 Å². The zero-order valence-corrected chi connectivity index (χ0v) is 10.9. The third kappa shape index (κ3) is 2.29. The molecule has 0 unspecified atom stereocenters. The Morgan fingerprint density at radius 3 is 2.69 bits per heavy atom. The van der Waals surface area contributed by atoms with Crippen LogP contribution in [0.1, 0.15) is 34.1 Å². The summed E-state index contributed by atoms with van der Waals surface area (Å²) >= 11 is 0. The van der Waals surface area contributed by atoms with Crippen LogP contribution in [0.3, 0.4) is 0 Å². The number of nitrogens with one attached hydrogen (secondary N) is 2. The number of hydrogen-bond acceptors (Lipinski definition) is 2. The van der Waals surface area contributed by atoms with Crippen molar-refractivity contribution < 1.29 is 4.79 Å². The first-order valence-corrected chi connectivity index (χ1v) is 5.94. The predicted octanol–water partition coefficient (Wildman–Crippen LogP) is 1.70. The van der Waals surface area contributed by atoms with E-state index in [9.17, 15) is 4.79 Å². The van der Waals surface area contributed by atoms with Crippen LogP contribution in [0.4, 0.5) is 0 Å². The van der Waals surface area contributed by atoms with Gasteiger partial charge in [-0.3, -0.25) is 4.79 Å². The quantitative estimate of drug-likeness (QED) is 0.716. The average molecular weight is 224 g/mol. The molecule has 1 aliphatic heterocycles. The summed E-state index contributed by atoms with van der Waals surface area (Å²) in [7, 11) is 0. The van der Waals surface area contributed by atoms with Gasteiger partial charge in [0.1, 0.15) is 0 Å². The third-order valence-corrected chi connectivity index (χ3v) is 3.68. The lowest BCUT2D eigenvalue weighted by molar-refractivity contribution is -0.122. The number of amides is 1. The van der Waals surface area contributed by atoms with Crippen molar-refractivity contribution in [3.8, 4) is 0 Å². The van der Waals surface area contributed by atoms with Gasteiger partial charge in [0.15, 0.2) is 0 Å². The van der Waals surface area contributed by atoms with Crippen LogP contribution in [0, 0.1) is 11.3 Å². The van der Waals surface area contributed by atoms with Gasteiger partial charge in [0.25, 0.3) is 0 Å². The second-order valence-electron chi connectivity index (χ2n) is 5.75. The molecule has 0 aromatic carbocycles. The number of hydrogen-bond donors (Lipinski definition) is 2. The Bertz CT molecular complexity index is 280. The molecule has 92 valence electrons. The van der Waals surface area contributed by atoms with Crippen molar-refractivity contribution in [1.29, 1.82) is 0 Å². The predicted molar refractivity (Wildman–Crippen MR) is 67.2 cm³/mol. The summed E-state index contributed by atoms with van der Waals surface area (Å²) in [6.45, 7) is 13.8. The SMILES string of the molecule is C=CC[C@@H]1CNC[C@]1(NC(C)=O)C(C)(C)C. The van der Waals surface area contributed by atoms with Crippen molar-refractivity contribution in [3.63, 3.8) is 0 Å². The van der Waals surface area contributed by atoms with E-state index in [4.69, 9.17) is 0 Å². The molecule has 0 spiro atoms. The minimum Gasteiger partial charge on any atom is -0.349 e. The van der Waals surface area contributed by atoms with Crippen LogP contribution in [0.25, 0.3) is 0 Å². The first-order valence-electron chi connectivity index (χ1n) is 5.94. The van der Waals surface area contributed by atoms with Crippen LogP contribution >= 0.6 is 0 Å². The highest BCUT2D eigenvalue weighted by atomic mass is 16.1. The lowest BCUT2D eigenvalue weighted by Gasteiger charge is -2.46. The second-order valence-corrected chi connectivity index (χ2v) is 5.75. The van der Waals surface area contributed by atoms with Crippen LogP contribution in [0.2, 0.25) is 0 Å². The van der Waals surface area contributed by atoms with E-state index in [-0.39, 0.29) is 16.9 Å². The summed E-state index contributed by atoms with van der Waals surface area (Å²) in [5, 5.41) is 6.58. The van der Waals surface area contributed by atoms with Crippen LogP contribution in [0.15, 0.2) is 12.7 Å². The first-order chi connectivity index (χ1) is 7.33. The summed E-state index contributed by atoms with van der Waals surface area (Å²) in [5.74, 6) is 0.474. The van der Waals surface area contributed by atoms with Crippen molar-refractivity contribution in [2.75, 3.05) is 13.1 Å². The maximum absolute atomic E-state index is 11.4. The van der Waals surface area contributed by atoms with E-state index in [0.717, 1.165) is 19.5 Å². The number of carbonyl (C=O) groups is 1. The second kappa shape index (κ2) is 4.58. The molecule has 1 fully saturated rings. The molecular formula is C13H24N2O. The number of allylic oxidation sites excluding steroid dienone is 1. The average Bonchev–Trinajstić information content (AvgIpc) is 2.48. The molecule has 1 heterocycles. The molecule has 3 heteroatoms. The van der Waals surface area contributed by atoms with Crippen molar-refractivity contribution in [3.05, 3.63) is 12.7 Å². The monoisotopic (exact) mass is 224 g/mol. The molecule has 1 aliphatic rings. The van der Waals surface area contributed by atoms with Crippen molar-refractivity contribution in [1.82, 2.24) is 10.6 Å². The Labute approximate surface area is 98.7 Å². The smallest absolute Gasteiger partial charge is 0.217 e. The fourth-order valence-electron chi connectivity index (χ4n) is 2.77. The van der Waals surface area contributed by atoms with E-state index < -0.39 is 0 Å². The van der Waals surface area contributed by atoms with Crippen molar-refractivity contribution in [2.24, 2.45) is 11.3 Å². The summed E-state index contributed by atoms with van der Waals surface area (Å²) in [6, 6.07) is 0. The highest BCUT2D eigenvalue weighted by molar-refractivity contribution is 5.74. The summed E-state index contributed by atoms with van der Waals surface area (Å²) in [6.07, 6.45) is 2.88. The maximum atomic E-state index is 11.4. The molecule has 3 nitrogen and oxygen atoms in total. The van der Waals surface area contributed by atoms with E-state index in [1.54, 1.807) is 6.92 Å². The zero-order chi connectivity index (χ0) is 12.4. The Hall–Kier alpha value is -0.830. The Kier molecular flexibility index (Phi) is 3.79. The minimum absolute atomic E-state index is 0.0375. The normalized spacial score (nSPS) is 30.1. The van der Waals surface area contributed by atoms with Gasteiger partial charge in [0.05, 0.1) is 5.54 Å². The van der Waals surface area contributed by atoms with Crippen LogP contribution in [0.5, 0.6) is 0 Å². The molecular weight excluding hydrogens is 200 g/mol. The first kappa shape index (κ1) is 13.2. The molecule has 1 amide bonds. The van der Waals surface area contributed by atoms with Gasteiger partial charge >= 0.3 is 0 Å². The standard InChI is InChI=1S/C13H24N2O/c1-6-7-11-8-14-9-13(11,12(3,4)5)15-10(2)16/h6,11,14H,1,7-9H2,2-5H3,(H,15,16)/t11-,13-/m1/s1. The van der Waals surface area contributed by atoms with Gasteiger partial charge in [-0.1, -0.05) is 26.8 Å². The van der Waals surface area contributed by atoms with Crippen molar-refractivity contribution >= 4 is 5.91 Å². The van der Waals surface area contributed by atoms with Gasteiger partial charge in [-0.2, -0.15) is 0 Å². The van der Waals surface area contributed by atoms with Crippen LogP contribution < -0.4 is 10.6 Å². The van der Waals surface area contributed by atoms with Gasteiger partial charge < -0.3 is 10.6 Å². The minimum atomic E-state index is -0.160. The molecule has 2 atom stereocenters. The van der Waals surface area contributed by atoms with Gasteiger partial charge in [0, 0.05) is 20.0 Å². The fraction of sp³-hybridized carbons (Fsp3) is 0.769. The Morgan fingerprint density at radius 1 is 1.62 bits per heavy atom. The fourth-order valence-corrected chi connectivity index (χ4v) is 2.77. The lowest BCUT2D eigenvalue weighted by atomic mass is 9.66. The van der Waals surface area contributed by atoms with Gasteiger partial charge in [-0.05, 0) is 17.8 Å². The Morgan fingerprint density at radius 2 is 2.25 bits per heavy atom. The number of rotatable bonds is 3. The van der Waals surface area contributed by atoms with Crippen molar-refractivity contribution in [2.45, 2.75) is 39.7 Å². The summed E-state index contributed by atoms with van der Waals surface area (Å²) < 4.78 is 0. The van der Waals surface area contributed by atoms with Gasteiger partial charge in [-0.15, -0.1) is 6.58 Å². The van der Waals surface area contributed by atoms with Gasteiger partial charge in [0.2, 0.25) is 5.91 Å². The lowest BCUT2D eigenvalue weighted by Crippen LogP contribution is -2.61. The molecule has 0 aromatic rings. The zero-order valence-electron chi connectivity index (χ0n) is 10.9.